The molecule has 0 fully saturated rings. The first-order valence-electron chi connectivity index (χ1n) is 27.9. The van der Waals surface area contributed by atoms with Crippen molar-refractivity contribution < 1.29 is 28.6 Å². The highest BCUT2D eigenvalue weighted by Gasteiger charge is 2.19. The Labute approximate surface area is 419 Å². The lowest BCUT2D eigenvalue weighted by Gasteiger charge is -2.18. The topological polar surface area (TPSA) is 78.9 Å². The summed E-state index contributed by atoms with van der Waals surface area (Å²) in [6.45, 7) is 6.44. The normalized spacial score (nSPS) is 12.9. The standard InChI is InChI=1S/C62H102O6/c1-4-7-10-13-16-19-22-24-26-28-29-30-31-32-33-34-36-37-40-43-46-49-52-55-61(64)67-58-59(57-66-60(63)54-51-48-45-42-39-21-18-15-12-9-6-3)68-62(65)56-53-50-47-44-41-38-35-27-25-23-20-17-14-11-8-5-2/h7,10,16,19-20,23-24,26-27,29-30,32-33,35-37,43,46,59H,4-6,8-9,11-15,17-18,21-22,25,28,31,34,38-42,44-45,47-58H2,1-3H3/b10-7-,19-16-,23-20-,26-24-,30-29-,33-32-,35-27-,37-36-,46-43-. The van der Waals surface area contributed by atoms with Gasteiger partial charge in [-0.15, -0.1) is 0 Å². The van der Waals surface area contributed by atoms with E-state index >= 15 is 0 Å². The third-order valence-corrected chi connectivity index (χ3v) is 11.5. The van der Waals surface area contributed by atoms with Gasteiger partial charge >= 0.3 is 17.9 Å². The monoisotopic (exact) mass is 943 g/mol. The fourth-order valence-electron chi connectivity index (χ4n) is 7.34. The van der Waals surface area contributed by atoms with Crippen LogP contribution in [0.3, 0.4) is 0 Å². The van der Waals surface area contributed by atoms with Crippen LogP contribution in [0.15, 0.2) is 109 Å². The molecule has 0 saturated carbocycles. The first-order valence-corrected chi connectivity index (χ1v) is 27.9. The summed E-state index contributed by atoms with van der Waals surface area (Å²) < 4.78 is 16.8. The van der Waals surface area contributed by atoms with Crippen LogP contribution in [-0.4, -0.2) is 37.2 Å². The number of esters is 3. The molecule has 68 heavy (non-hydrogen) atoms. The molecule has 6 nitrogen and oxygen atoms in total. The average molecular weight is 943 g/mol. The summed E-state index contributed by atoms with van der Waals surface area (Å²) in [5.74, 6) is -0.980. The summed E-state index contributed by atoms with van der Waals surface area (Å²) in [5.41, 5.74) is 0. The molecular formula is C62H102O6. The Hall–Kier alpha value is -3.93. The molecule has 0 amide bonds. The summed E-state index contributed by atoms with van der Waals surface area (Å²) >= 11 is 0. The number of hydrogen-bond acceptors (Lipinski definition) is 6. The maximum Gasteiger partial charge on any atom is 0.306 e. The Bertz CT molecular complexity index is 1410. The molecule has 0 aromatic rings. The first-order chi connectivity index (χ1) is 33.5. The van der Waals surface area contributed by atoms with E-state index in [1.165, 1.54) is 83.5 Å². The third kappa shape index (κ3) is 53.0. The number of carbonyl (C=O) groups excluding carboxylic acids is 3. The SMILES string of the molecule is CC/C=C\C/C=C\C/C=C\C/C=C\C/C=C\C/C=C\C/C=C\CCCC(=O)OCC(COC(=O)CCCCCCCCCCCCC)OC(=O)CCCCCCC/C=C\C/C=C\CCCCCC. The van der Waals surface area contributed by atoms with Gasteiger partial charge in [-0.1, -0.05) is 233 Å². The Morgan fingerprint density at radius 3 is 0.971 bits per heavy atom. The lowest BCUT2D eigenvalue weighted by Crippen LogP contribution is -2.30. The molecule has 386 valence electrons. The molecule has 0 heterocycles. The molecule has 0 aromatic carbocycles. The number of unbranched alkanes of at least 4 members (excludes halogenated alkanes) is 20. The molecule has 0 aliphatic heterocycles. The molecule has 0 N–H and O–H groups in total. The molecule has 0 aromatic heterocycles. The van der Waals surface area contributed by atoms with Crippen molar-refractivity contribution in [2.24, 2.45) is 0 Å². The zero-order chi connectivity index (χ0) is 49.3. The Kier molecular flexibility index (Phi) is 52.4. The summed E-state index contributed by atoms with van der Waals surface area (Å²) in [4.78, 5) is 38.0. The number of allylic oxidation sites excluding steroid dienone is 18. The minimum Gasteiger partial charge on any atom is -0.462 e. The fourth-order valence-corrected chi connectivity index (χ4v) is 7.34. The van der Waals surface area contributed by atoms with Crippen molar-refractivity contribution in [2.45, 2.75) is 252 Å². The molecule has 0 spiro atoms. The second kappa shape index (κ2) is 55.7. The van der Waals surface area contributed by atoms with E-state index in [9.17, 15) is 14.4 Å². The highest BCUT2D eigenvalue weighted by Crippen LogP contribution is 2.14. The van der Waals surface area contributed by atoms with Crippen LogP contribution in [0.1, 0.15) is 245 Å². The van der Waals surface area contributed by atoms with Gasteiger partial charge in [-0.05, 0) is 103 Å². The Morgan fingerprint density at radius 2 is 0.588 bits per heavy atom. The minimum atomic E-state index is -0.809. The van der Waals surface area contributed by atoms with Gasteiger partial charge in [0.25, 0.3) is 0 Å². The van der Waals surface area contributed by atoms with Crippen LogP contribution in [0.4, 0.5) is 0 Å². The van der Waals surface area contributed by atoms with Crippen molar-refractivity contribution in [3.63, 3.8) is 0 Å². The molecule has 0 radical (unpaired) electrons. The van der Waals surface area contributed by atoms with E-state index in [4.69, 9.17) is 14.2 Å². The zero-order valence-corrected chi connectivity index (χ0v) is 44.1. The van der Waals surface area contributed by atoms with Crippen molar-refractivity contribution in [3.05, 3.63) is 109 Å². The largest absolute Gasteiger partial charge is 0.462 e. The van der Waals surface area contributed by atoms with Gasteiger partial charge in [-0.25, -0.2) is 0 Å². The molecule has 0 aliphatic carbocycles. The highest BCUT2D eigenvalue weighted by molar-refractivity contribution is 5.71. The quantitative estimate of drug-likeness (QED) is 0.0262. The molecule has 0 aliphatic rings. The second-order valence-electron chi connectivity index (χ2n) is 18.1. The van der Waals surface area contributed by atoms with E-state index in [2.05, 4.69) is 130 Å². The number of ether oxygens (including phenoxy) is 3. The number of hydrogen-bond donors (Lipinski definition) is 0. The van der Waals surface area contributed by atoms with Crippen LogP contribution < -0.4 is 0 Å². The van der Waals surface area contributed by atoms with Crippen molar-refractivity contribution in [2.75, 3.05) is 13.2 Å². The van der Waals surface area contributed by atoms with Crippen LogP contribution in [0.5, 0.6) is 0 Å². The highest BCUT2D eigenvalue weighted by atomic mass is 16.6. The number of rotatable bonds is 49. The van der Waals surface area contributed by atoms with Crippen molar-refractivity contribution in [3.8, 4) is 0 Å². The van der Waals surface area contributed by atoms with Crippen LogP contribution in [0.2, 0.25) is 0 Å². The average Bonchev–Trinajstić information content (AvgIpc) is 3.34. The lowest BCUT2D eigenvalue weighted by atomic mass is 10.1. The van der Waals surface area contributed by atoms with Gasteiger partial charge < -0.3 is 14.2 Å². The first kappa shape index (κ1) is 64.1. The minimum absolute atomic E-state index is 0.102. The maximum atomic E-state index is 12.8. The third-order valence-electron chi connectivity index (χ3n) is 11.5. The van der Waals surface area contributed by atoms with Crippen molar-refractivity contribution >= 4 is 17.9 Å². The Balaban J connectivity index is 4.47. The van der Waals surface area contributed by atoms with Gasteiger partial charge in [0.2, 0.25) is 0 Å². The van der Waals surface area contributed by atoms with Crippen LogP contribution >= 0.6 is 0 Å². The van der Waals surface area contributed by atoms with E-state index < -0.39 is 6.10 Å². The molecule has 1 atom stereocenters. The van der Waals surface area contributed by atoms with E-state index in [1.54, 1.807) is 0 Å². The van der Waals surface area contributed by atoms with Gasteiger partial charge in [-0.2, -0.15) is 0 Å². The maximum absolute atomic E-state index is 12.8. The lowest BCUT2D eigenvalue weighted by molar-refractivity contribution is -0.167. The summed E-state index contributed by atoms with van der Waals surface area (Å²) in [6, 6.07) is 0. The van der Waals surface area contributed by atoms with E-state index in [0.29, 0.717) is 19.3 Å². The Morgan fingerprint density at radius 1 is 0.309 bits per heavy atom. The predicted octanol–water partition coefficient (Wildman–Crippen LogP) is 18.7. The van der Waals surface area contributed by atoms with E-state index in [-0.39, 0.29) is 37.5 Å². The fraction of sp³-hybridized carbons (Fsp3) is 0.661. The van der Waals surface area contributed by atoms with E-state index in [0.717, 1.165) is 116 Å². The molecule has 0 bridgehead atoms. The van der Waals surface area contributed by atoms with Crippen LogP contribution in [-0.2, 0) is 28.6 Å². The second-order valence-corrected chi connectivity index (χ2v) is 18.1. The molecule has 6 heteroatoms. The molecule has 0 rings (SSSR count). The van der Waals surface area contributed by atoms with Gasteiger partial charge in [0, 0.05) is 19.3 Å². The molecule has 1 unspecified atom stereocenters. The van der Waals surface area contributed by atoms with Crippen LogP contribution in [0.25, 0.3) is 0 Å². The molecular weight excluding hydrogens is 841 g/mol. The predicted molar refractivity (Wildman–Crippen MR) is 293 cm³/mol. The van der Waals surface area contributed by atoms with Gasteiger partial charge in [-0.3, -0.25) is 14.4 Å². The smallest absolute Gasteiger partial charge is 0.306 e. The summed E-state index contributed by atoms with van der Waals surface area (Å²) in [6.07, 6.45) is 75.1. The van der Waals surface area contributed by atoms with Gasteiger partial charge in [0.05, 0.1) is 0 Å². The van der Waals surface area contributed by atoms with Crippen molar-refractivity contribution in [1.29, 1.82) is 0 Å². The molecule has 0 saturated heterocycles. The van der Waals surface area contributed by atoms with Crippen LogP contribution in [0, 0.1) is 0 Å². The van der Waals surface area contributed by atoms with Crippen molar-refractivity contribution in [1.82, 2.24) is 0 Å². The van der Waals surface area contributed by atoms with E-state index in [1.807, 2.05) is 0 Å². The van der Waals surface area contributed by atoms with Gasteiger partial charge in [0.1, 0.15) is 13.2 Å². The summed E-state index contributed by atoms with van der Waals surface area (Å²) in [7, 11) is 0. The number of carbonyl (C=O) groups is 3. The van der Waals surface area contributed by atoms with Gasteiger partial charge in [0.15, 0.2) is 6.10 Å². The zero-order valence-electron chi connectivity index (χ0n) is 44.1. The summed E-state index contributed by atoms with van der Waals surface area (Å²) in [5, 5.41) is 0.